The summed E-state index contributed by atoms with van der Waals surface area (Å²) >= 11 is 11.7. The molecule has 0 heterocycles. The minimum atomic E-state index is -0.423. The van der Waals surface area contributed by atoms with Crippen molar-refractivity contribution in [2.45, 2.75) is 35.1 Å². The van der Waals surface area contributed by atoms with Gasteiger partial charge in [-0.05, 0) is 157 Å². The number of hydrogen-bond acceptors (Lipinski definition) is 10. The third-order valence-corrected chi connectivity index (χ3v) is 12.8. The lowest BCUT2D eigenvalue weighted by Crippen LogP contribution is -2.00. The van der Waals surface area contributed by atoms with E-state index in [0.717, 1.165) is 36.0 Å². The van der Waals surface area contributed by atoms with Gasteiger partial charge in [0.1, 0.15) is 23.1 Å². The Labute approximate surface area is 418 Å². The number of thioether (sulfide) groups is 2. The zero-order chi connectivity index (χ0) is 47.1. The van der Waals surface area contributed by atoms with Gasteiger partial charge in [-0.25, -0.2) is 18.4 Å². The number of carbonyl (C=O) groups excluding carboxylic acids is 2. The summed E-state index contributed by atoms with van der Waals surface area (Å²) in [5.74, 6) is 1.42. The fraction of sp³-hybridized carbons (Fsp3) is 0.160. The van der Waals surface area contributed by atoms with E-state index in [-0.39, 0.29) is 11.8 Å². The maximum absolute atomic E-state index is 14.1. The van der Waals surface area contributed by atoms with E-state index < -0.39 is 11.8 Å². The Kier molecular flexibility index (Phi) is 23.0. The van der Waals surface area contributed by atoms with E-state index in [1.54, 1.807) is 68.8 Å². The Bertz CT molecular complexity index is 2550. The van der Waals surface area contributed by atoms with Crippen molar-refractivity contribution in [3.63, 3.8) is 0 Å². The molecule has 8 nitrogen and oxygen atoms in total. The second-order valence-corrected chi connectivity index (χ2v) is 18.2. The summed E-state index contributed by atoms with van der Waals surface area (Å²) in [6.07, 6.45) is 6.17. The highest BCUT2D eigenvalue weighted by Crippen LogP contribution is 2.36. The number of hydrogen-bond donors (Lipinski definition) is 2. The molecule has 0 saturated heterocycles. The van der Waals surface area contributed by atoms with Crippen molar-refractivity contribution in [2.75, 3.05) is 38.5 Å². The van der Waals surface area contributed by atoms with E-state index in [4.69, 9.17) is 24.7 Å². The van der Waals surface area contributed by atoms with Crippen LogP contribution in [0.1, 0.15) is 36.1 Å². The van der Waals surface area contributed by atoms with Gasteiger partial charge in [0.05, 0.1) is 45.6 Å². The lowest BCUT2D eigenvalue weighted by atomic mass is 10.1. The zero-order valence-corrected chi connectivity index (χ0v) is 42.9. The van der Waals surface area contributed by atoms with Crippen LogP contribution < -0.4 is 20.5 Å². The highest BCUT2D eigenvalue weighted by Gasteiger charge is 2.12. The first-order valence-corrected chi connectivity index (χ1v) is 24.5. The van der Waals surface area contributed by atoms with Gasteiger partial charge in [0.15, 0.2) is 0 Å². The predicted octanol–water partition coefficient (Wildman–Crippen LogP) is 14.5. The summed E-state index contributed by atoms with van der Waals surface area (Å²) in [7, 11) is 3.08. The third kappa shape index (κ3) is 18.2. The Morgan fingerprint density at radius 2 is 1.12 bits per heavy atom. The van der Waals surface area contributed by atoms with Gasteiger partial charge in [-0.3, -0.25) is 0 Å². The first-order valence-electron chi connectivity index (χ1n) is 19.9. The molecule has 3 N–H and O–H groups in total. The summed E-state index contributed by atoms with van der Waals surface area (Å²) in [6, 6.07) is 38.1. The van der Waals surface area contributed by atoms with Gasteiger partial charge < -0.3 is 30.0 Å². The fourth-order valence-electron chi connectivity index (χ4n) is 5.45. The smallest absolute Gasteiger partial charge is 0.330 e. The summed E-state index contributed by atoms with van der Waals surface area (Å²) in [4.78, 5) is 25.4. The van der Waals surface area contributed by atoms with Crippen LogP contribution in [0, 0.1) is 15.2 Å². The molecule has 0 saturated carbocycles. The standard InChI is InChI=1S/C25H23BrFNO3S.C18H19NO2S.C7H5BrFIO/c1-3-31-25(29)12-9-18-13-19(32-16-17-7-5-4-6-8-17)10-11-22(18)28-23-15-21(27)20(26)14-24(23)30-2;1-2-21-18(20)11-8-15-12-16(9-10-17(15)19)22-13-14-6-4-3-5-7-14;1-11-7-2-4(8)5(9)3-6(7)10/h4-15,28H,3,16H2,1-2H3;3-12H,2,13,19H2,1H3;2-3H,1H3/b12-9+;11-8+;. The summed E-state index contributed by atoms with van der Waals surface area (Å²) in [5.41, 5.74) is 11.8. The summed E-state index contributed by atoms with van der Waals surface area (Å²) < 4.78 is 48.7. The fourth-order valence-corrected chi connectivity index (χ4v) is 8.54. The van der Waals surface area contributed by atoms with Crippen LogP contribution in [-0.2, 0) is 30.6 Å². The molecule has 65 heavy (non-hydrogen) atoms. The molecular formula is C50H47Br2F2IN2O6S2. The van der Waals surface area contributed by atoms with Gasteiger partial charge in [0, 0.05) is 50.9 Å². The second kappa shape index (κ2) is 28.3. The first kappa shape index (κ1) is 52.8. The van der Waals surface area contributed by atoms with Crippen LogP contribution >= 0.6 is 78.0 Å². The lowest BCUT2D eigenvalue weighted by Gasteiger charge is -2.15. The number of halogens is 5. The second-order valence-electron chi connectivity index (χ2n) is 13.3. The van der Waals surface area contributed by atoms with Crippen LogP contribution in [0.3, 0.4) is 0 Å². The number of ether oxygens (including phenoxy) is 4. The van der Waals surface area contributed by atoms with Crippen LogP contribution in [0.5, 0.6) is 11.5 Å². The molecule has 0 radical (unpaired) electrons. The van der Waals surface area contributed by atoms with Crippen LogP contribution in [0.2, 0.25) is 0 Å². The van der Waals surface area contributed by atoms with Crippen molar-refractivity contribution >= 4 is 119 Å². The molecule has 6 rings (SSSR count). The average Bonchev–Trinajstić information content (AvgIpc) is 3.31. The van der Waals surface area contributed by atoms with Crippen LogP contribution in [-0.4, -0.2) is 39.4 Å². The number of esters is 2. The van der Waals surface area contributed by atoms with Crippen molar-refractivity contribution < 1.29 is 37.3 Å². The molecule has 0 amide bonds. The van der Waals surface area contributed by atoms with E-state index in [1.165, 1.54) is 42.5 Å². The van der Waals surface area contributed by atoms with Gasteiger partial charge >= 0.3 is 11.9 Å². The van der Waals surface area contributed by atoms with Crippen molar-refractivity contribution in [3.05, 3.63) is 180 Å². The molecule has 6 aromatic rings. The number of methoxy groups -OCH3 is 2. The van der Waals surface area contributed by atoms with Crippen molar-refractivity contribution in [3.8, 4) is 11.5 Å². The maximum atomic E-state index is 14.1. The van der Waals surface area contributed by atoms with Gasteiger partial charge in [-0.15, -0.1) is 23.5 Å². The first-order chi connectivity index (χ1) is 31.3. The molecule has 0 aliphatic rings. The van der Waals surface area contributed by atoms with E-state index in [9.17, 15) is 18.4 Å². The topological polar surface area (TPSA) is 109 Å². The Balaban J connectivity index is 0.000000241. The van der Waals surface area contributed by atoms with Crippen LogP contribution in [0.4, 0.5) is 25.8 Å². The Morgan fingerprint density at radius 3 is 1.65 bits per heavy atom. The quantitative estimate of drug-likeness (QED) is 0.0243. The van der Waals surface area contributed by atoms with Crippen molar-refractivity contribution in [2.24, 2.45) is 0 Å². The van der Waals surface area contributed by atoms with Crippen molar-refractivity contribution in [1.29, 1.82) is 0 Å². The van der Waals surface area contributed by atoms with Crippen LogP contribution in [0.25, 0.3) is 12.2 Å². The molecule has 15 heteroatoms. The largest absolute Gasteiger partial charge is 0.496 e. The number of nitrogens with one attached hydrogen (secondary N) is 1. The molecule has 0 bridgehead atoms. The minimum Gasteiger partial charge on any atom is -0.496 e. The molecule has 340 valence electrons. The number of benzene rings is 6. The molecule has 0 aliphatic heterocycles. The zero-order valence-electron chi connectivity index (χ0n) is 35.9. The number of rotatable bonds is 16. The summed E-state index contributed by atoms with van der Waals surface area (Å²) in [5, 5.41) is 3.22. The molecule has 0 atom stereocenters. The summed E-state index contributed by atoms with van der Waals surface area (Å²) in [6.45, 7) is 4.21. The highest BCUT2D eigenvalue weighted by atomic mass is 127. The molecule has 6 aromatic carbocycles. The average molecular weight is 1160 g/mol. The maximum Gasteiger partial charge on any atom is 0.330 e. The number of anilines is 3. The van der Waals surface area contributed by atoms with Crippen molar-refractivity contribution in [1.82, 2.24) is 0 Å². The SMILES string of the molecule is CCOC(=O)/C=C/c1cc(SCc2ccccc2)ccc1N.CCOC(=O)/C=C/c1cc(SCc2ccccc2)ccc1Nc1cc(F)c(Br)cc1OC.COc1cc(Br)c(F)cc1I. The van der Waals surface area contributed by atoms with Gasteiger partial charge in [-0.1, -0.05) is 60.7 Å². The molecule has 0 fully saturated rings. The van der Waals surface area contributed by atoms with Gasteiger partial charge in [0.2, 0.25) is 0 Å². The van der Waals surface area contributed by atoms with Crippen LogP contribution in [0.15, 0.2) is 152 Å². The monoisotopic (exact) mass is 1160 g/mol. The molecule has 0 aliphatic carbocycles. The van der Waals surface area contributed by atoms with E-state index >= 15 is 0 Å². The molecule has 0 spiro atoms. The van der Waals surface area contributed by atoms with E-state index in [0.29, 0.717) is 50.7 Å². The molecule has 0 aromatic heterocycles. The predicted molar refractivity (Wildman–Crippen MR) is 278 cm³/mol. The highest BCUT2D eigenvalue weighted by molar-refractivity contribution is 14.1. The number of carbonyl (C=O) groups is 2. The third-order valence-electron chi connectivity index (χ3n) is 8.66. The van der Waals surface area contributed by atoms with E-state index in [1.807, 2.05) is 95.4 Å². The molecule has 0 unspecified atom stereocenters. The van der Waals surface area contributed by atoms with E-state index in [2.05, 4.69) is 61.4 Å². The Morgan fingerprint density at radius 1 is 0.646 bits per heavy atom. The number of nitrogen functional groups attached to an aromatic ring is 1. The van der Waals surface area contributed by atoms with Gasteiger partial charge in [0.25, 0.3) is 0 Å². The molecular weight excluding hydrogens is 1110 g/mol. The normalized spacial score (nSPS) is 10.7. The van der Waals surface area contributed by atoms with Gasteiger partial charge in [-0.2, -0.15) is 0 Å². The lowest BCUT2D eigenvalue weighted by molar-refractivity contribution is -0.138. The minimum absolute atomic E-state index is 0.268. The number of nitrogens with two attached hydrogens (primary N) is 1. The Hall–Kier alpha value is -4.81.